The van der Waals surface area contributed by atoms with Crippen molar-refractivity contribution in [2.45, 2.75) is 44.8 Å². The van der Waals surface area contributed by atoms with E-state index >= 15 is 0 Å². The zero-order valence-electron chi connectivity index (χ0n) is 22.0. The van der Waals surface area contributed by atoms with E-state index in [2.05, 4.69) is 47.8 Å². The van der Waals surface area contributed by atoms with Gasteiger partial charge in [0.2, 0.25) is 6.29 Å². The summed E-state index contributed by atoms with van der Waals surface area (Å²) in [6.07, 6.45) is 2.71. The number of halogens is 1. The number of allylic oxidation sites excluding steroid dienone is 1. The Hall–Kier alpha value is -4.26. The van der Waals surface area contributed by atoms with Crippen molar-refractivity contribution in [1.29, 1.82) is 0 Å². The van der Waals surface area contributed by atoms with E-state index in [0.29, 0.717) is 13.0 Å². The van der Waals surface area contributed by atoms with Crippen LogP contribution in [0.3, 0.4) is 0 Å². The summed E-state index contributed by atoms with van der Waals surface area (Å²) in [7, 11) is 0. The van der Waals surface area contributed by atoms with E-state index < -0.39 is 6.29 Å². The SMILES string of the molecule is O=C(NCc1ccc(F)cc1)C1=C[C@@H](c2ccc3c(c2)Cc2ccccc2-3)C[C@@H](OCc2ccc(CO)cc2)O1. The van der Waals surface area contributed by atoms with Gasteiger partial charge < -0.3 is 19.9 Å². The Kier molecular flexibility index (Phi) is 7.45. The normalized spacial score (nSPS) is 17.4. The lowest BCUT2D eigenvalue weighted by Gasteiger charge is -2.29. The molecule has 40 heavy (non-hydrogen) atoms. The van der Waals surface area contributed by atoms with Gasteiger partial charge in [0.1, 0.15) is 5.82 Å². The molecule has 0 unspecified atom stereocenters. The number of hydrogen-bond acceptors (Lipinski definition) is 4. The second-order valence-corrected chi connectivity index (χ2v) is 10.3. The molecule has 1 amide bonds. The number of carbonyl (C=O) groups excluding carboxylic acids is 1. The van der Waals surface area contributed by atoms with Gasteiger partial charge >= 0.3 is 0 Å². The number of ether oxygens (including phenoxy) is 2. The van der Waals surface area contributed by atoms with E-state index in [1.54, 1.807) is 12.1 Å². The van der Waals surface area contributed by atoms with Crippen molar-refractivity contribution >= 4 is 5.91 Å². The van der Waals surface area contributed by atoms with Crippen molar-refractivity contribution in [3.8, 4) is 11.1 Å². The van der Waals surface area contributed by atoms with E-state index in [4.69, 9.17) is 9.47 Å². The van der Waals surface area contributed by atoms with Crippen LogP contribution >= 0.6 is 0 Å². The van der Waals surface area contributed by atoms with E-state index in [0.717, 1.165) is 28.7 Å². The van der Waals surface area contributed by atoms with Crippen LogP contribution in [0.2, 0.25) is 0 Å². The maximum atomic E-state index is 13.3. The molecule has 1 heterocycles. The van der Waals surface area contributed by atoms with Gasteiger partial charge in [-0.15, -0.1) is 0 Å². The lowest BCUT2D eigenvalue weighted by molar-refractivity contribution is -0.150. The fourth-order valence-electron chi connectivity index (χ4n) is 5.35. The molecule has 0 aromatic heterocycles. The fourth-order valence-corrected chi connectivity index (χ4v) is 5.35. The monoisotopic (exact) mass is 535 g/mol. The largest absolute Gasteiger partial charge is 0.459 e. The molecule has 6 heteroatoms. The molecule has 2 N–H and O–H groups in total. The standard InChI is InChI=1S/C34H30FNO4/c35-29-12-9-22(10-13-29)19-36-34(38)32-17-27(18-33(40-32)39-21-24-7-5-23(20-37)6-8-24)25-11-14-31-28(15-25)16-26-3-1-2-4-30(26)31/h1-15,17,27,33,37H,16,18-21H2,(H,36,38)/t27-,33+/m1/s1. The van der Waals surface area contributed by atoms with E-state index in [1.165, 1.54) is 34.4 Å². The molecular formula is C34H30FNO4. The van der Waals surface area contributed by atoms with E-state index in [-0.39, 0.29) is 36.6 Å². The van der Waals surface area contributed by atoms with Gasteiger partial charge in [0.25, 0.3) is 5.91 Å². The van der Waals surface area contributed by atoms with Crippen LogP contribution in [0.5, 0.6) is 0 Å². The third kappa shape index (κ3) is 5.69. The summed E-state index contributed by atoms with van der Waals surface area (Å²) < 4.78 is 25.5. The molecule has 0 saturated heterocycles. The predicted molar refractivity (Wildman–Crippen MR) is 150 cm³/mol. The lowest BCUT2D eigenvalue weighted by Crippen LogP contribution is -2.32. The molecule has 0 fully saturated rings. The fraction of sp³-hybridized carbons (Fsp3) is 0.206. The second kappa shape index (κ2) is 11.5. The minimum absolute atomic E-state index is 0.0123. The van der Waals surface area contributed by atoms with Gasteiger partial charge in [0, 0.05) is 18.9 Å². The predicted octanol–water partition coefficient (Wildman–Crippen LogP) is 6.14. The Bertz CT molecular complexity index is 1550. The molecule has 0 saturated carbocycles. The molecule has 6 rings (SSSR count). The maximum absolute atomic E-state index is 13.3. The zero-order valence-corrected chi connectivity index (χ0v) is 22.0. The van der Waals surface area contributed by atoms with Gasteiger partial charge in [-0.1, -0.05) is 78.9 Å². The Morgan fingerprint density at radius 2 is 1.62 bits per heavy atom. The Labute approximate surface area is 232 Å². The summed E-state index contributed by atoms with van der Waals surface area (Å²) >= 11 is 0. The molecular weight excluding hydrogens is 505 g/mol. The van der Waals surface area contributed by atoms with Crippen molar-refractivity contribution in [1.82, 2.24) is 5.32 Å². The van der Waals surface area contributed by atoms with Crippen LogP contribution in [0.15, 0.2) is 103 Å². The molecule has 4 aromatic carbocycles. The lowest BCUT2D eigenvalue weighted by atomic mass is 9.90. The number of fused-ring (bicyclic) bond motifs is 3. The number of aliphatic hydroxyl groups excluding tert-OH is 1. The first-order valence-corrected chi connectivity index (χ1v) is 13.5. The van der Waals surface area contributed by atoms with Crippen LogP contribution < -0.4 is 5.32 Å². The van der Waals surface area contributed by atoms with Crippen LogP contribution in [-0.4, -0.2) is 17.3 Å². The molecule has 0 radical (unpaired) electrons. The van der Waals surface area contributed by atoms with Gasteiger partial charge in [-0.25, -0.2) is 4.39 Å². The van der Waals surface area contributed by atoms with Gasteiger partial charge in [-0.3, -0.25) is 4.79 Å². The Morgan fingerprint density at radius 1 is 0.900 bits per heavy atom. The molecule has 1 aliphatic heterocycles. The van der Waals surface area contributed by atoms with Gasteiger partial charge in [-0.2, -0.15) is 0 Å². The molecule has 1 aliphatic carbocycles. The first kappa shape index (κ1) is 26.0. The summed E-state index contributed by atoms with van der Waals surface area (Å²) in [6, 6.07) is 28.6. The third-order valence-electron chi connectivity index (χ3n) is 7.53. The first-order chi connectivity index (χ1) is 19.6. The van der Waals surface area contributed by atoms with Gasteiger partial charge in [0.05, 0.1) is 13.2 Å². The van der Waals surface area contributed by atoms with Crippen LogP contribution in [-0.2, 0) is 40.4 Å². The quantitative estimate of drug-likeness (QED) is 0.251. The van der Waals surface area contributed by atoms with Crippen molar-refractivity contribution in [2.24, 2.45) is 0 Å². The summed E-state index contributed by atoms with van der Waals surface area (Å²) in [6.45, 7) is 0.555. The average Bonchev–Trinajstić information content (AvgIpc) is 3.37. The van der Waals surface area contributed by atoms with Gasteiger partial charge in [-0.05, 0) is 69.1 Å². The number of amides is 1. The topological polar surface area (TPSA) is 67.8 Å². The van der Waals surface area contributed by atoms with Crippen LogP contribution in [0.1, 0.15) is 45.7 Å². The number of rotatable bonds is 8. The van der Waals surface area contributed by atoms with Crippen molar-refractivity contribution in [3.05, 3.63) is 142 Å². The minimum atomic E-state index is -0.621. The molecule has 2 aliphatic rings. The van der Waals surface area contributed by atoms with E-state index in [1.807, 2.05) is 30.3 Å². The summed E-state index contributed by atoms with van der Waals surface area (Å²) in [5.41, 5.74) is 8.82. The summed E-state index contributed by atoms with van der Waals surface area (Å²) in [4.78, 5) is 13.2. The number of carbonyl (C=O) groups is 1. The van der Waals surface area contributed by atoms with Crippen LogP contribution in [0.25, 0.3) is 11.1 Å². The van der Waals surface area contributed by atoms with Crippen LogP contribution in [0.4, 0.5) is 4.39 Å². The summed E-state index contributed by atoms with van der Waals surface area (Å²) in [5.74, 6) is -0.526. The molecule has 4 aromatic rings. The zero-order chi connectivity index (χ0) is 27.5. The maximum Gasteiger partial charge on any atom is 0.286 e. The molecule has 0 bridgehead atoms. The van der Waals surface area contributed by atoms with E-state index in [9.17, 15) is 14.3 Å². The van der Waals surface area contributed by atoms with Crippen molar-refractivity contribution < 1.29 is 23.8 Å². The highest BCUT2D eigenvalue weighted by Crippen LogP contribution is 2.40. The third-order valence-corrected chi connectivity index (χ3v) is 7.53. The highest BCUT2D eigenvalue weighted by Gasteiger charge is 2.30. The van der Waals surface area contributed by atoms with Crippen molar-refractivity contribution in [3.63, 3.8) is 0 Å². The average molecular weight is 536 g/mol. The van der Waals surface area contributed by atoms with Crippen molar-refractivity contribution in [2.75, 3.05) is 0 Å². The van der Waals surface area contributed by atoms with Gasteiger partial charge in [0.15, 0.2) is 5.76 Å². The van der Waals surface area contributed by atoms with Crippen LogP contribution in [0, 0.1) is 5.82 Å². The molecule has 202 valence electrons. The second-order valence-electron chi connectivity index (χ2n) is 10.3. The smallest absolute Gasteiger partial charge is 0.286 e. The minimum Gasteiger partial charge on any atom is -0.459 e. The summed E-state index contributed by atoms with van der Waals surface area (Å²) in [5, 5.41) is 12.2. The highest BCUT2D eigenvalue weighted by atomic mass is 19.1. The number of aliphatic hydroxyl groups is 1. The molecule has 5 nitrogen and oxygen atoms in total. The number of hydrogen-bond donors (Lipinski definition) is 2. The first-order valence-electron chi connectivity index (χ1n) is 13.5. The molecule has 2 atom stereocenters. The number of benzene rings is 4. The highest BCUT2D eigenvalue weighted by molar-refractivity contribution is 5.91. The Morgan fingerprint density at radius 3 is 2.42 bits per heavy atom. The molecule has 0 spiro atoms. The number of nitrogens with one attached hydrogen (secondary N) is 1. The Balaban J connectivity index is 1.21.